The van der Waals surface area contributed by atoms with Crippen LogP contribution in [-0.4, -0.2) is 34.4 Å². The third kappa shape index (κ3) is 3.08. The predicted molar refractivity (Wildman–Crippen MR) is 93.8 cm³/mol. The molecule has 26 heavy (non-hydrogen) atoms. The van der Waals surface area contributed by atoms with Gasteiger partial charge in [0.05, 0.1) is 34.9 Å². The molecule has 3 aromatic heterocycles. The Balaban J connectivity index is 2.25. The Bertz CT molecular complexity index is 987. The van der Waals surface area contributed by atoms with Gasteiger partial charge in [-0.1, -0.05) is 10.6 Å². The van der Waals surface area contributed by atoms with Crippen LogP contribution in [0.15, 0.2) is 29.4 Å². The second-order valence-electron chi connectivity index (χ2n) is 5.66. The first-order chi connectivity index (χ1) is 12.0. The summed E-state index contributed by atoms with van der Waals surface area (Å²) in [5, 5.41) is 0. The number of imidazole rings is 1. The first kappa shape index (κ1) is 18.4. The molecule has 0 aliphatic carbocycles. The minimum Gasteiger partial charge on any atom is -0.397 e. The maximum atomic E-state index is 12.9. The second-order valence-corrected chi connectivity index (χ2v) is 8.08. The van der Waals surface area contributed by atoms with Gasteiger partial charge in [-0.05, 0) is 19.1 Å². The molecule has 0 fully saturated rings. The van der Waals surface area contributed by atoms with Gasteiger partial charge in [0.1, 0.15) is 16.3 Å². The summed E-state index contributed by atoms with van der Waals surface area (Å²) in [6.07, 6.45) is -2.14. The number of fused-ring (bicyclic) bond motifs is 1. The van der Waals surface area contributed by atoms with Crippen molar-refractivity contribution in [3.8, 4) is 11.5 Å². The van der Waals surface area contributed by atoms with Crippen molar-refractivity contribution < 1.29 is 22.3 Å². The number of hydrogen-bond donors (Lipinski definition) is 2. The van der Waals surface area contributed by atoms with Crippen LogP contribution >= 0.6 is 10.6 Å². The van der Waals surface area contributed by atoms with E-state index in [0.717, 1.165) is 12.3 Å². The fourth-order valence-corrected chi connectivity index (χ4v) is 3.60. The summed E-state index contributed by atoms with van der Waals surface area (Å²) in [5.41, 5.74) is 5.63. The standard InChI is InChI=1S/C15H16F3N5O2S/c1-3-26(24,25)11-4-8(19)6-21-13(11)14-22-9-5-12(15(16,17)18)20-7-10(9)23(14)2/h4-7,24-25H,3,19H2,1-2H3/p+1. The Morgan fingerprint density at radius 1 is 1.27 bits per heavy atom. The van der Waals surface area contributed by atoms with Crippen LogP contribution < -0.4 is 5.73 Å². The number of nitrogens with zero attached hydrogens (tertiary/aromatic N) is 4. The second kappa shape index (κ2) is 6.11. The summed E-state index contributed by atoms with van der Waals surface area (Å²) in [6.45, 7) is 1.66. The smallest absolute Gasteiger partial charge is 0.397 e. The Hall–Kier alpha value is -2.37. The summed E-state index contributed by atoms with van der Waals surface area (Å²) in [6, 6.07) is 2.31. The van der Waals surface area contributed by atoms with Gasteiger partial charge in [-0.2, -0.15) is 13.2 Å². The van der Waals surface area contributed by atoms with E-state index in [2.05, 4.69) is 15.0 Å². The number of nitrogen functional groups attached to an aromatic ring is 1. The maximum absolute atomic E-state index is 12.9. The van der Waals surface area contributed by atoms with Crippen molar-refractivity contribution in [2.24, 2.45) is 7.05 Å². The Morgan fingerprint density at radius 3 is 2.58 bits per heavy atom. The number of alkyl halides is 3. The van der Waals surface area contributed by atoms with Gasteiger partial charge in [0.15, 0.2) is 5.82 Å². The quantitative estimate of drug-likeness (QED) is 0.670. The molecule has 0 saturated heterocycles. The third-order valence-electron chi connectivity index (χ3n) is 3.92. The molecule has 0 spiro atoms. The van der Waals surface area contributed by atoms with Gasteiger partial charge in [0.25, 0.3) is 0 Å². The molecule has 7 nitrogen and oxygen atoms in total. The molecular weight excluding hydrogens is 371 g/mol. The minimum absolute atomic E-state index is 0.0921. The highest BCUT2D eigenvalue weighted by atomic mass is 32.3. The van der Waals surface area contributed by atoms with Gasteiger partial charge in [0, 0.05) is 7.05 Å². The average Bonchev–Trinajstić information content (AvgIpc) is 2.90. The van der Waals surface area contributed by atoms with Crippen LogP contribution in [0.1, 0.15) is 12.6 Å². The minimum atomic E-state index is -4.58. The summed E-state index contributed by atoms with van der Waals surface area (Å²) < 4.78 is 58.8. The van der Waals surface area contributed by atoms with Crippen molar-refractivity contribution >= 4 is 27.3 Å². The summed E-state index contributed by atoms with van der Waals surface area (Å²) in [4.78, 5) is 12.1. The predicted octanol–water partition coefficient (Wildman–Crippen LogP) is 2.93. The molecule has 1 unspecified atom stereocenters. The molecule has 11 heteroatoms. The van der Waals surface area contributed by atoms with Gasteiger partial charge in [-0.25, -0.2) is 15.0 Å². The number of pyridine rings is 2. The molecule has 0 aliphatic rings. The van der Waals surface area contributed by atoms with E-state index in [9.17, 15) is 17.7 Å². The lowest BCUT2D eigenvalue weighted by Crippen LogP contribution is -2.07. The highest BCUT2D eigenvalue weighted by molar-refractivity contribution is 8.24. The molecule has 0 radical (unpaired) electrons. The lowest BCUT2D eigenvalue weighted by Gasteiger charge is -2.27. The zero-order valence-corrected chi connectivity index (χ0v) is 14.7. The highest BCUT2D eigenvalue weighted by Gasteiger charge is 2.33. The van der Waals surface area contributed by atoms with E-state index < -0.39 is 22.5 Å². The zero-order chi connectivity index (χ0) is 19.3. The van der Waals surface area contributed by atoms with Crippen LogP contribution in [0.3, 0.4) is 0 Å². The molecule has 0 amide bonds. The lowest BCUT2D eigenvalue weighted by molar-refractivity contribution is -0.141. The normalized spacial score (nSPS) is 15.8. The Morgan fingerprint density at radius 2 is 1.96 bits per heavy atom. The van der Waals surface area contributed by atoms with Crippen molar-refractivity contribution in [2.45, 2.75) is 18.0 Å². The monoisotopic (exact) mass is 388 g/mol. The number of rotatable bonds is 3. The molecule has 0 saturated carbocycles. The molecular formula is C15H17F3N5O2S+. The highest BCUT2D eigenvalue weighted by Crippen LogP contribution is 2.51. The van der Waals surface area contributed by atoms with E-state index >= 15 is 0 Å². The number of halogens is 3. The van der Waals surface area contributed by atoms with Gasteiger partial charge < -0.3 is 14.9 Å². The fourth-order valence-electron chi connectivity index (χ4n) is 2.50. The number of aryl methyl sites for hydroxylation is 1. The summed E-state index contributed by atoms with van der Waals surface area (Å²) >= 11 is 0. The van der Waals surface area contributed by atoms with Crippen molar-refractivity contribution in [2.75, 3.05) is 11.5 Å². The van der Waals surface area contributed by atoms with Crippen molar-refractivity contribution in [1.29, 1.82) is 0 Å². The Labute approximate surface area is 148 Å². The molecule has 3 heterocycles. The molecule has 3 aromatic rings. The fraction of sp³-hybridized carbons (Fsp3) is 0.267. The van der Waals surface area contributed by atoms with Crippen molar-refractivity contribution in [3.63, 3.8) is 0 Å². The Kier molecular flexibility index (Phi) is 4.33. The maximum Gasteiger partial charge on any atom is 0.433 e. The van der Waals surface area contributed by atoms with Gasteiger partial charge in [-0.3, -0.25) is 4.55 Å². The molecule has 3 rings (SSSR count). The molecule has 0 bridgehead atoms. The average molecular weight is 388 g/mol. The van der Waals surface area contributed by atoms with E-state index in [0.29, 0.717) is 5.52 Å². The van der Waals surface area contributed by atoms with Gasteiger partial charge >= 0.3 is 6.18 Å². The SMILES string of the molecule is CCS(O)([OH2+])c1cc(N)cnc1-c1nc2cc(C(F)(F)F)ncc2n1C. The number of nitrogens with two attached hydrogens (primary N) is 1. The number of hydrogen-bond acceptors (Lipinski definition) is 5. The van der Waals surface area contributed by atoms with Gasteiger partial charge in [0.2, 0.25) is 0 Å². The van der Waals surface area contributed by atoms with E-state index in [1.54, 1.807) is 14.0 Å². The van der Waals surface area contributed by atoms with Crippen molar-refractivity contribution in [1.82, 2.24) is 19.5 Å². The topological polar surface area (TPSA) is 113 Å². The molecule has 1 atom stereocenters. The lowest BCUT2D eigenvalue weighted by atomic mass is 10.3. The van der Waals surface area contributed by atoms with Crippen LogP contribution in [0.4, 0.5) is 18.9 Å². The molecule has 0 aromatic carbocycles. The first-order valence-corrected chi connectivity index (χ1v) is 9.24. The summed E-state index contributed by atoms with van der Waals surface area (Å²) in [5.74, 6) is 0.372. The molecule has 0 aliphatic heterocycles. The number of aromatic nitrogens is 4. The van der Waals surface area contributed by atoms with Crippen LogP contribution in [0.5, 0.6) is 0 Å². The van der Waals surface area contributed by atoms with E-state index in [1.165, 1.54) is 16.8 Å². The van der Waals surface area contributed by atoms with Crippen LogP contribution in [0.2, 0.25) is 0 Å². The van der Waals surface area contributed by atoms with E-state index in [1.807, 2.05) is 0 Å². The largest absolute Gasteiger partial charge is 0.433 e. The van der Waals surface area contributed by atoms with Crippen LogP contribution in [0.25, 0.3) is 22.6 Å². The van der Waals surface area contributed by atoms with Crippen LogP contribution in [0, 0.1) is 0 Å². The number of anilines is 1. The van der Waals surface area contributed by atoms with E-state index in [4.69, 9.17) is 10.3 Å². The molecule has 5 N–H and O–H groups in total. The third-order valence-corrected chi connectivity index (χ3v) is 5.80. The summed E-state index contributed by atoms with van der Waals surface area (Å²) in [7, 11) is -1.32. The van der Waals surface area contributed by atoms with E-state index in [-0.39, 0.29) is 33.4 Å². The van der Waals surface area contributed by atoms with Crippen LogP contribution in [-0.2, 0) is 13.2 Å². The van der Waals surface area contributed by atoms with Crippen molar-refractivity contribution in [3.05, 3.63) is 30.2 Å². The van der Waals surface area contributed by atoms with Gasteiger partial charge in [-0.15, -0.1) is 0 Å². The molecule has 140 valence electrons. The first-order valence-electron chi connectivity index (χ1n) is 7.48. The zero-order valence-electron chi connectivity index (χ0n) is 13.9.